The van der Waals surface area contributed by atoms with Crippen LogP contribution in [0.25, 0.3) is 0 Å². The van der Waals surface area contributed by atoms with Crippen LogP contribution in [0.4, 0.5) is 0 Å². The summed E-state index contributed by atoms with van der Waals surface area (Å²) in [6, 6.07) is 7.33. The molecule has 0 radical (unpaired) electrons. The largest absolute Gasteiger partial charge is 0.480 e. The van der Waals surface area contributed by atoms with Gasteiger partial charge in [-0.15, -0.1) is 0 Å². The summed E-state index contributed by atoms with van der Waals surface area (Å²) in [4.78, 5) is 11.4. The minimum absolute atomic E-state index is 0.233. The Hall–Kier alpha value is -1.39. The van der Waals surface area contributed by atoms with E-state index in [0.717, 1.165) is 5.56 Å². The first-order chi connectivity index (χ1) is 7.86. The topological polar surface area (TPSA) is 69.6 Å². The van der Waals surface area contributed by atoms with E-state index >= 15 is 0 Å². The molecule has 94 valence electrons. The Morgan fingerprint density at radius 3 is 2.35 bits per heavy atom. The molecule has 0 amide bonds. The smallest absolute Gasteiger partial charge is 0.328 e. The number of benzene rings is 1. The van der Waals surface area contributed by atoms with E-state index in [1.54, 1.807) is 26.0 Å². The Kier molecular flexibility index (Phi) is 4.26. The number of aryl methyl sites for hydroxylation is 1. The van der Waals surface area contributed by atoms with Crippen molar-refractivity contribution in [2.24, 2.45) is 0 Å². The van der Waals surface area contributed by atoms with Gasteiger partial charge in [-0.25, -0.2) is 4.79 Å². The average Bonchev–Trinajstić information content (AvgIpc) is 2.26. The van der Waals surface area contributed by atoms with E-state index in [1.807, 2.05) is 19.1 Å². The second kappa shape index (κ2) is 5.29. The van der Waals surface area contributed by atoms with E-state index in [9.17, 15) is 15.0 Å². The zero-order valence-electron chi connectivity index (χ0n) is 10.4. The van der Waals surface area contributed by atoms with Gasteiger partial charge < -0.3 is 10.2 Å². The zero-order chi connectivity index (χ0) is 13.1. The van der Waals surface area contributed by atoms with E-state index in [4.69, 9.17) is 0 Å². The van der Waals surface area contributed by atoms with Gasteiger partial charge in [0.2, 0.25) is 0 Å². The highest BCUT2D eigenvalue weighted by Gasteiger charge is 2.34. The summed E-state index contributed by atoms with van der Waals surface area (Å²) < 4.78 is 0. The lowest BCUT2D eigenvalue weighted by Gasteiger charge is -2.27. The molecule has 1 aromatic carbocycles. The van der Waals surface area contributed by atoms with Crippen molar-refractivity contribution in [1.82, 2.24) is 5.32 Å². The van der Waals surface area contributed by atoms with E-state index in [-0.39, 0.29) is 6.54 Å². The van der Waals surface area contributed by atoms with Crippen LogP contribution in [0.1, 0.15) is 25.0 Å². The lowest BCUT2D eigenvalue weighted by atomic mass is 9.91. The van der Waals surface area contributed by atoms with Crippen molar-refractivity contribution in [3.8, 4) is 0 Å². The Morgan fingerprint density at radius 1 is 1.41 bits per heavy atom. The Bertz CT molecular complexity index is 386. The van der Waals surface area contributed by atoms with E-state index in [2.05, 4.69) is 5.32 Å². The van der Waals surface area contributed by atoms with Gasteiger partial charge in [-0.1, -0.05) is 29.8 Å². The molecule has 0 heterocycles. The van der Waals surface area contributed by atoms with Crippen LogP contribution in [-0.2, 0) is 10.3 Å². The lowest BCUT2D eigenvalue weighted by Crippen LogP contribution is -2.48. The van der Waals surface area contributed by atoms with Crippen LogP contribution in [0.3, 0.4) is 0 Å². The Labute approximate surface area is 101 Å². The third-order valence-corrected chi connectivity index (χ3v) is 2.81. The number of nitrogens with one attached hydrogen (secondary N) is 1. The van der Waals surface area contributed by atoms with Gasteiger partial charge in [0.05, 0.1) is 6.10 Å². The molecule has 2 unspecified atom stereocenters. The first-order valence-electron chi connectivity index (χ1n) is 5.60. The molecule has 4 heteroatoms. The van der Waals surface area contributed by atoms with Gasteiger partial charge in [0, 0.05) is 6.54 Å². The number of aliphatic carboxylic acids is 1. The fourth-order valence-electron chi connectivity index (χ4n) is 1.54. The molecule has 4 nitrogen and oxygen atoms in total. The molecule has 0 aliphatic rings. The van der Waals surface area contributed by atoms with Crippen molar-refractivity contribution in [1.29, 1.82) is 0 Å². The molecule has 1 aromatic rings. The number of aliphatic hydroxyl groups is 1. The molecule has 3 N–H and O–H groups in total. The second-order valence-electron chi connectivity index (χ2n) is 4.53. The van der Waals surface area contributed by atoms with Crippen molar-refractivity contribution in [2.75, 3.05) is 6.54 Å². The Balaban J connectivity index is 2.98. The summed E-state index contributed by atoms with van der Waals surface area (Å²) in [5.41, 5.74) is 0.582. The first kappa shape index (κ1) is 13.7. The van der Waals surface area contributed by atoms with Gasteiger partial charge in [0.1, 0.15) is 5.54 Å². The maximum atomic E-state index is 11.4. The number of hydrogen-bond acceptors (Lipinski definition) is 3. The molecule has 0 saturated heterocycles. The summed E-state index contributed by atoms with van der Waals surface area (Å²) in [5.74, 6) is -0.956. The van der Waals surface area contributed by atoms with Crippen molar-refractivity contribution in [3.63, 3.8) is 0 Å². The molecule has 2 atom stereocenters. The van der Waals surface area contributed by atoms with Crippen molar-refractivity contribution < 1.29 is 15.0 Å². The SMILES string of the molecule is Cc1ccc(C(C)(NCC(C)O)C(=O)O)cc1. The van der Waals surface area contributed by atoms with Crippen molar-refractivity contribution in [2.45, 2.75) is 32.4 Å². The van der Waals surface area contributed by atoms with Gasteiger partial charge in [0.15, 0.2) is 0 Å². The maximum absolute atomic E-state index is 11.4. The van der Waals surface area contributed by atoms with Gasteiger partial charge in [-0.2, -0.15) is 0 Å². The quantitative estimate of drug-likeness (QED) is 0.721. The van der Waals surface area contributed by atoms with Crippen LogP contribution in [0.2, 0.25) is 0 Å². The Morgan fingerprint density at radius 2 is 1.94 bits per heavy atom. The number of carboxylic acids is 1. The van der Waals surface area contributed by atoms with Crippen LogP contribution < -0.4 is 5.32 Å². The highest BCUT2D eigenvalue weighted by Crippen LogP contribution is 2.21. The third kappa shape index (κ3) is 3.28. The highest BCUT2D eigenvalue weighted by atomic mass is 16.4. The summed E-state index contributed by atoms with van der Waals surface area (Å²) in [6.07, 6.45) is -0.584. The number of aliphatic hydroxyl groups excluding tert-OH is 1. The molecule has 0 fully saturated rings. The monoisotopic (exact) mass is 237 g/mol. The van der Waals surface area contributed by atoms with E-state index < -0.39 is 17.6 Å². The van der Waals surface area contributed by atoms with E-state index in [0.29, 0.717) is 5.56 Å². The van der Waals surface area contributed by atoms with Gasteiger partial charge in [0.25, 0.3) is 0 Å². The molecule has 0 saturated carbocycles. The maximum Gasteiger partial charge on any atom is 0.328 e. The molecular formula is C13H19NO3. The lowest BCUT2D eigenvalue weighted by molar-refractivity contribution is -0.144. The number of rotatable bonds is 5. The van der Waals surface area contributed by atoms with Gasteiger partial charge >= 0.3 is 5.97 Å². The van der Waals surface area contributed by atoms with Crippen LogP contribution in [0.15, 0.2) is 24.3 Å². The molecule has 1 rings (SSSR count). The third-order valence-electron chi connectivity index (χ3n) is 2.81. The first-order valence-corrected chi connectivity index (χ1v) is 5.60. The molecule has 17 heavy (non-hydrogen) atoms. The highest BCUT2D eigenvalue weighted by molar-refractivity contribution is 5.80. The standard InChI is InChI=1S/C13H19NO3/c1-9-4-6-11(7-5-9)13(3,12(16)17)14-8-10(2)15/h4-7,10,14-15H,8H2,1-3H3,(H,16,17). The molecule has 0 bridgehead atoms. The van der Waals surface area contributed by atoms with Crippen molar-refractivity contribution >= 4 is 5.97 Å². The molecular weight excluding hydrogens is 218 g/mol. The number of hydrogen-bond donors (Lipinski definition) is 3. The van der Waals surface area contributed by atoms with Crippen molar-refractivity contribution in [3.05, 3.63) is 35.4 Å². The fraction of sp³-hybridized carbons (Fsp3) is 0.462. The normalized spacial score (nSPS) is 16.2. The summed E-state index contributed by atoms with van der Waals surface area (Å²) >= 11 is 0. The average molecular weight is 237 g/mol. The molecule has 0 spiro atoms. The molecule has 0 aliphatic heterocycles. The summed E-state index contributed by atoms with van der Waals surface area (Å²) in [7, 11) is 0. The molecule has 0 aromatic heterocycles. The second-order valence-corrected chi connectivity index (χ2v) is 4.53. The minimum Gasteiger partial charge on any atom is -0.480 e. The van der Waals surface area contributed by atoms with Crippen LogP contribution in [-0.4, -0.2) is 28.8 Å². The predicted octanol–water partition coefficient (Wildman–Crippen LogP) is 1.27. The summed E-state index contributed by atoms with van der Waals surface area (Å²) in [6.45, 7) is 5.40. The molecule has 0 aliphatic carbocycles. The summed E-state index contributed by atoms with van der Waals surface area (Å²) in [5, 5.41) is 21.4. The fourth-order valence-corrected chi connectivity index (χ4v) is 1.54. The van der Waals surface area contributed by atoms with Gasteiger partial charge in [-0.3, -0.25) is 5.32 Å². The van der Waals surface area contributed by atoms with Crippen LogP contribution in [0, 0.1) is 6.92 Å². The van der Waals surface area contributed by atoms with Crippen LogP contribution >= 0.6 is 0 Å². The zero-order valence-corrected chi connectivity index (χ0v) is 10.4. The van der Waals surface area contributed by atoms with Crippen LogP contribution in [0.5, 0.6) is 0 Å². The van der Waals surface area contributed by atoms with Gasteiger partial charge in [-0.05, 0) is 26.3 Å². The predicted molar refractivity (Wildman–Crippen MR) is 65.9 cm³/mol. The van der Waals surface area contributed by atoms with E-state index in [1.165, 1.54) is 0 Å². The minimum atomic E-state index is -1.18. The number of carbonyl (C=O) groups is 1. The number of carboxylic acid groups (broad SMARTS) is 1.